The van der Waals surface area contributed by atoms with Crippen molar-refractivity contribution in [3.8, 4) is 11.8 Å². The van der Waals surface area contributed by atoms with E-state index < -0.39 is 0 Å². The number of benzene rings is 1. The molecule has 5 heteroatoms. The van der Waals surface area contributed by atoms with E-state index in [2.05, 4.69) is 27.4 Å². The van der Waals surface area contributed by atoms with Crippen LogP contribution in [-0.2, 0) is 12.8 Å². The quantitative estimate of drug-likeness (QED) is 0.915. The first-order valence-electron chi connectivity index (χ1n) is 6.56. The van der Waals surface area contributed by atoms with E-state index in [1.54, 1.807) is 6.07 Å². The third-order valence-corrected chi connectivity index (χ3v) is 3.26. The van der Waals surface area contributed by atoms with Crippen molar-refractivity contribution < 1.29 is 4.74 Å². The van der Waals surface area contributed by atoms with Gasteiger partial charge >= 0.3 is 0 Å². The highest BCUT2D eigenvalue weighted by molar-refractivity contribution is 5.41. The van der Waals surface area contributed by atoms with E-state index in [0.717, 1.165) is 31.7 Å². The average molecular weight is 266 g/mol. The summed E-state index contributed by atoms with van der Waals surface area (Å²) in [4.78, 5) is 7.92. The lowest BCUT2D eigenvalue weighted by Gasteiger charge is -2.06. The number of fused-ring (bicyclic) bond motifs is 1. The normalized spacial score (nSPS) is 12.3. The zero-order valence-electron chi connectivity index (χ0n) is 11.0. The SMILES string of the molecule is N#Cc1cc(NCCc2ccc3c(c2)CCO3)ncn1. The molecule has 1 aromatic carbocycles. The minimum atomic E-state index is 0.372. The van der Waals surface area contributed by atoms with Crippen LogP contribution in [0.3, 0.4) is 0 Å². The van der Waals surface area contributed by atoms with Crippen molar-refractivity contribution in [1.82, 2.24) is 9.97 Å². The molecule has 1 aliphatic heterocycles. The van der Waals surface area contributed by atoms with Crippen molar-refractivity contribution in [2.45, 2.75) is 12.8 Å². The lowest BCUT2D eigenvalue weighted by atomic mass is 10.1. The average Bonchev–Trinajstić information content (AvgIpc) is 2.95. The van der Waals surface area contributed by atoms with Gasteiger partial charge in [0.2, 0.25) is 0 Å². The number of nitrogens with zero attached hydrogens (tertiary/aromatic N) is 3. The van der Waals surface area contributed by atoms with Crippen molar-refractivity contribution in [3.63, 3.8) is 0 Å². The smallest absolute Gasteiger partial charge is 0.145 e. The summed E-state index contributed by atoms with van der Waals surface area (Å²) in [6.45, 7) is 1.55. The number of nitriles is 1. The van der Waals surface area contributed by atoms with E-state index in [1.807, 2.05) is 12.1 Å². The Bertz CT molecular complexity index is 663. The highest BCUT2D eigenvalue weighted by Crippen LogP contribution is 2.25. The maximum atomic E-state index is 8.78. The second-order valence-electron chi connectivity index (χ2n) is 4.62. The number of nitrogens with one attached hydrogen (secondary N) is 1. The summed E-state index contributed by atoms with van der Waals surface area (Å²) in [6.07, 6.45) is 3.29. The molecule has 0 spiro atoms. The Morgan fingerprint density at radius 1 is 1.30 bits per heavy atom. The van der Waals surface area contributed by atoms with Crippen LogP contribution in [0.5, 0.6) is 5.75 Å². The van der Waals surface area contributed by atoms with Gasteiger partial charge in [-0.1, -0.05) is 12.1 Å². The maximum absolute atomic E-state index is 8.78. The van der Waals surface area contributed by atoms with E-state index >= 15 is 0 Å². The van der Waals surface area contributed by atoms with Crippen LogP contribution in [0, 0.1) is 11.3 Å². The number of hydrogen-bond acceptors (Lipinski definition) is 5. The number of hydrogen-bond donors (Lipinski definition) is 1. The fraction of sp³-hybridized carbons (Fsp3) is 0.267. The Labute approximate surface area is 117 Å². The van der Waals surface area contributed by atoms with Crippen LogP contribution < -0.4 is 10.1 Å². The summed E-state index contributed by atoms with van der Waals surface area (Å²) < 4.78 is 5.49. The van der Waals surface area contributed by atoms with E-state index in [0.29, 0.717) is 11.5 Å². The zero-order valence-corrected chi connectivity index (χ0v) is 11.0. The molecule has 1 aliphatic rings. The minimum Gasteiger partial charge on any atom is -0.493 e. The molecule has 0 amide bonds. The van der Waals surface area contributed by atoms with Gasteiger partial charge in [-0.05, 0) is 23.6 Å². The van der Waals surface area contributed by atoms with Crippen molar-refractivity contribution in [3.05, 3.63) is 47.4 Å². The van der Waals surface area contributed by atoms with Gasteiger partial charge in [0.25, 0.3) is 0 Å². The second-order valence-corrected chi connectivity index (χ2v) is 4.62. The molecule has 0 saturated carbocycles. The molecule has 100 valence electrons. The first kappa shape index (κ1) is 12.4. The maximum Gasteiger partial charge on any atom is 0.145 e. The lowest BCUT2D eigenvalue weighted by molar-refractivity contribution is 0.357. The van der Waals surface area contributed by atoms with Gasteiger partial charge in [-0.25, -0.2) is 9.97 Å². The molecule has 3 rings (SSSR count). The van der Waals surface area contributed by atoms with Gasteiger partial charge in [0.1, 0.15) is 29.7 Å². The summed E-state index contributed by atoms with van der Waals surface area (Å²) in [7, 11) is 0. The summed E-state index contributed by atoms with van der Waals surface area (Å²) in [6, 6.07) is 9.97. The number of ether oxygens (including phenoxy) is 1. The molecule has 20 heavy (non-hydrogen) atoms. The van der Waals surface area contributed by atoms with Gasteiger partial charge in [0.15, 0.2) is 0 Å². The van der Waals surface area contributed by atoms with Gasteiger partial charge in [0, 0.05) is 19.0 Å². The summed E-state index contributed by atoms with van der Waals surface area (Å²) >= 11 is 0. The molecular weight excluding hydrogens is 252 g/mol. The van der Waals surface area contributed by atoms with Crippen LogP contribution in [-0.4, -0.2) is 23.1 Å². The van der Waals surface area contributed by atoms with Crippen molar-refractivity contribution >= 4 is 5.82 Å². The number of anilines is 1. The third-order valence-electron chi connectivity index (χ3n) is 3.26. The standard InChI is InChI=1S/C15H14N4O/c16-9-13-8-15(19-10-18-13)17-5-3-11-1-2-14-12(7-11)4-6-20-14/h1-2,7-8,10H,3-6H2,(H,17,18,19). The number of rotatable bonds is 4. The third kappa shape index (κ3) is 2.69. The Hall–Kier alpha value is -2.61. The zero-order chi connectivity index (χ0) is 13.8. The van der Waals surface area contributed by atoms with Crippen molar-refractivity contribution in [1.29, 1.82) is 5.26 Å². The highest BCUT2D eigenvalue weighted by atomic mass is 16.5. The van der Waals surface area contributed by atoms with Gasteiger partial charge < -0.3 is 10.1 Å². The summed E-state index contributed by atoms with van der Waals surface area (Å²) in [5.74, 6) is 1.69. The fourth-order valence-electron chi connectivity index (χ4n) is 2.25. The van der Waals surface area contributed by atoms with Crippen LogP contribution in [0.25, 0.3) is 0 Å². The molecule has 0 bridgehead atoms. The van der Waals surface area contributed by atoms with Gasteiger partial charge in [-0.15, -0.1) is 0 Å². The molecule has 0 fully saturated rings. The van der Waals surface area contributed by atoms with E-state index in [-0.39, 0.29) is 0 Å². The molecule has 0 atom stereocenters. The molecular formula is C15H14N4O. The Kier molecular flexibility index (Phi) is 3.46. The molecule has 5 nitrogen and oxygen atoms in total. The topological polar surface area (TPSA) is 70.8 Å². The first-order chi connectivity index (χ1) is 9.85. The summed E-state index contributed by atoms with van der Waals surface area (Å²) in [5.41, 5.74) is 2.93. The van der Waals surface area contributed by atoms with Crippen LogP contribution in [0.2, 0.25) is 0 Å². The van der Waals surface area contributed by atoms with E-state index in [4.69, 9.17) is 10.00 Å². The van der Waals surface area contributed by atoms with Crippen molar-refractivity contribution in [2.24, 2.45) is 0 Å². The van der Waals surface area contributed by atoms with E-state index in [1.165, 1.54) is 17.5 Å². The monoisotopic (exact) mass is 266 g/mol. The predicted octanol–water partition coefficient (Wildman–Crippen LogP) is 1.94. The van der Waals surface area contributed by atoms with Crippen LogP contribution in [0.1, 0.15) is 16.8 Å². The Balaban J connectivity index is 1.58. The second kappa shape index (κ2) is 5.57. The Morgan fingerprint density at radius 3 is 3.15 bits per heavy atom. The highest BCUT2D eigenvalue weighted by Gasteiger charge is 2.11. The van der Waals surface area contributed by atoms with Gasteiger partial charge in [-0.3, -0.25) is 0 Å². The fourth-order valence-corrected chi connectivity index (χ4v) is 2.25. The first-order valence-corrected chi connectivity index (χ1v) is 6.56. The van der Waals surface area contributed by atoms with Crippen LogP contribution in [0.15, 0.2) is 30.6 Å². The largest absolute Gasteiger partial charge is 0.493 e. The van der Waals surface area contributed by atoms with Crippen LogP contribution in [0.4, 0.5) is 5.82 Å². The molecule has 1 aromatic heterocycles. The molecule has 0 aliphatic carbocycles. The van der Waals surface area contributed by atoms with Crippen LogP contribution >= 0.6 is 0 Å². The van der Waals surface area contributed by atoms with Gasteiger partial charge in [0.05, 0.1) is 6.61 Å². The minimum absolute atomic E-state index is 0.372. The van der Waals surface area contributed by atoms with E-state index in [9.17, 15) is 0 Å². The molecule has 0 saturated heterocycles. The lowest BCUT2D eigenvalue weighted by Crippen LogP contribution is -2.07. The molecule has 0 radical (unpaired) electrons. The predicted molar refractivity (Wildman–Crippen MR) is 74.6 cm³/mol. The summed E-state index contributed by atoms with van der Waals surface area (Å²) in [5, 5.41) is 12.0. The molecule has 0 unspecified atom stereocenters. The molecule has 2 heterocycles. The molecule has 1 N–H and O–H groups in total. The van der Waals surface area contributed by atoms with Gasteiger partial charge in [-0.2, -0.15) is 5.26 Å². The molecule has 2 aromatic rings. The van der Waals surface area contributed by atoms with Crippen molar-refractivity contribution in [2.75, 3.05) is 18.5 Å². The number of aromatic nitrogens is 2. The Morgan fingerprint density at radius 2 is 2.25 bits per heavy atom.